The molecule has 0 aromatic heterocycles. The number of methoxy groups -OCH3 is 1. The second-order valence-electron chi connectivity index (χ2n) is 6.40. The van der Waals surface area contributed by atoms with E-state index in [2.05, 4.69) is 13.8 Å². The third kappa shape index (κ3) is 3.00. The van der Waals surface area contributed by atoms with E-state index in [1.54, 1.807) is 19.2 Å². The Morgan fingerprint density at radius 1 is 1.08 bits per heavy atom. The Hall–Kier alpha value is -2.01. The third-order valence-corrected chi connectivity index (χ3v) is 6.32. The Morgan fingerprint density at radius 2 is 1.79 bits per heavy atom. The van der Waals surface area contributed by atoms with Gasteiger partial charge in [-0.15, -0.1) is 0 Å². The van der Waals surface area contributed by atoms with Crippen LogP contribution in [0.15, 0.2) is 47.4 Å². The lowest BCUT2D eigenvalue weighted by atomic mass is 10.0. The summed E-state index contributed by atoms with van der Waals surface area (Å²) in [6.07, 6.45) is 1.67. The van der Waals surface area contributed by atoms with Crippen LogP contribution in [0.2, 0.25) is 0 Å². The highest BCUT2D eigenvalue weighted by molar-refractivity contribution is 7.92. The van der Waals surface area contributed by atoms with Crippen LogP contribution < -0.4 is 9.04 Å². The summed E-state index contributed by atoms with van der Waals surface area (Å²) in [4.78, 5) is 0.343. The Balaban J connectivity index is 1.99. The zero-order valence-corrected chi connectivity index (χ0v) is 15.1. The smallest absolute Gasteiger partial charge is 0.264 e. The van der Waals surface area contributed by atoms with Gasteiger partial charge in [-0.25, -0.2) is 8.42 Å². The number of hydrogen-bond acceptors (Lipinski definition) is 3. The van der Waals surface area contributed by atoms with Crippen LogP contribution in [0.25, 0.3) is 0 Å². The topological polar surface area (TPSA) is 46.6 Å². The number of ether oxygens (including phenoxy) is 1. The number of hydrogen-bond donors (Lipinski definition) is 0. The summed E-state index contributed by atoms with van der Waals surface area (Å²) < 4.78 is 32.9. The van der Waals surface area contributed by atoms with E-state index < -0.39 is 10.0 Å². The molecule has 0 fully saturated rings. The van der Waals surface area contributed by atoms with E-state index >= 15 is 0 Å². The van der Waals surface area contributed by atoms with Crippen LogP contribution in [0.5, 0.6) is 5.75 Å². The van der Waals surface area contributed by atoms with Crippen LogP contribution in [-0.2, 0) is 16.4 Å². The van der Waals surface area contributed by atoms with Gasteiger partial charge in [0.15, 0.2) is 0 Å². The molecule has 0 bridgehead atoms. The van der Waals surface area contributed by atoms with E-state index in [4.69, 9.17) is 4.74 Å². The van der Waals surface area contributed by atoms with Crippen LogP contribution in [0, 0.1) is 0 Å². The number of rotatable bonds is 4. The van der Waals surface area contributed by atoms with Crippen LogP contribution in [0.4, 0.5) is 5.69 Å². The molecule has 0 spiro atoms. The molecule has 128 valence electrons. The number of benzene rings is 2. The first-order valence-electron chi connectivity index (χ1n) is 8.23. The van der Waals surface area contributed by atoms with Gasteiger partial charge in [0.1, 0.15) is 5.75 Å². The molecule has 0 saturated heterocycles. The summed E-state index contributed by atoms with van der Waals surface area (Å²) in [5, 5.41) is 0. The van der Waals surface area contributed by atoms with Crippen molar-refractivity contribution >= 4 is 15.7 Å². The highest BCUT2D eigenvalue weighted by Crippen LogP contribution is 2.34. The minimum Gasteiger partial charge on any atom is -0.497 e. The molecule has 1 aliphatic rings. The molecule has 0 N–H and O–H groups in total. The van der Waals surface area contributed by atoms with Crippen molar-refractivity contribution in [2.75, 3.05) is 18.0 Å². The minimum absolute atomic E-state index is 0.343. The zero-order valence-electron chi connectivity index (χ0n) is 14.3. The maximum absolute atomic E-state index is 13.1. The van der Waals surface area contributed by atoms with Crippen molar-refractivity contribution in [2.24, 2.45) is 0 Å². The summed E-state index contributed by atoms with van der Waals surface area (Å²) in [5.41, 5.74) is 2.91. The second kappa shape index (κ2) is 6.48. The van der Waals surface area contributed by atoms with Crippen molar-refractivity contribution in [1.29, 1.82) is 0 Å². The average molecular weight is 345 g/mol. The zero-order chi connectivity index (χ0) is 17.3. The molecule has 0 aliphatic carbocycles. The molecule has 4 nitrogen and oxygen atoms in total. The molecular formula is C19H23NO3S. The first-order valence-corrected chi connectivity index (χ1v) is 9.67. The highest BCUT2D eigenvalue weighted by atomic mass is 32.2. The number of nitrogens with zero attached hydrogens (tertiary/aromatic N) is 1. The first kappa shape index (κ1) is 16.8. The summed E-state index contributed by atoms with van der Waals surface area (Å²) in [6, 6.07) is 12.8. The van der Waals surface area contributed by atoms with Gasteiger partial charge in [-0.05, 0) is 60.2 Å². The molecule has 2 aromatic rings. The largest absolute Gasteiger partial charge is 0.497 e. The summed E-state index contributed by atoms with van der Waals surface area (Å²) >= 11 is 0. The van der Waals surface area contributed by atoms with Crippen LogP contribution in [0.1, 0.15) is 37.3 Å². The molecule has 5 heteroatoms. The molecule has 2 aromatic carbocycles. The normalized spacial score (nSPS) is 14.6. The maximum Gasteiger partial charge on any atom is 0.264 e. The predicted molar refractivity (Wildman–Crippen MR) is 96.4 cm³/mol. The van der Waals surface area contributed by atoms with Crippen molar-refractivity contribution in [2.45, 2.75) is 37.5 Å². The van der Waals surface area contributed by atoms with E-state index in [1.165, 1.54) is 4.31 Å². The van der Waals surface area contributed by atoms with E-state index in [0.29, 0.717) is 17.4 Å². The van der Waals surface area contributed by atoms with Gasteiger partial charge in [0.25, 0.3) is 10.0 Å². The Kier molecular flexibility index (Phi) is 4.54. The maximum atomic E-state index is 13.1. The lowest BCUT2D eigenvalue weighted by Gasteiger charge is -2.30. The van der Waals surface area contributed by atoms with Crippen molar-refractivity contribution in [3.8, 4) is 5.75 Å². The first-order chi connectivity index (χ1) is 11.4. The molecule has 0 radical (unpaired) electrons. The fourth-order valence-corrected chi connectivity index (χ4v) is 4.61. The van der Waals surface area contributed by atoms with E-state index in [-0.39, 0.29) is 0 Å². The quantitative estimate of drug-likeness (QED) is 0.842. The Labute approximate surface area is 144 Å². The molecule has 0 saturated carbocycles. The molecular weight excluding hydrogens is 322 g/mol. The lowest BCUT2D eigenvalue weighted by Crippen LogP contribution is -2.35. The molecule has 0 unspecified atom stereocenters. The number of sulfonamides is 1. The Morgan fingerprint density at radius 3 is 2.42 bits per heavy atom. The number of anilines is 1. The van der Waals surface area contributed by atoms with Gasteiger partial charge in [-0.3, -0.25) is 4.31 Å². The fourth-order valence-electron chi connectivity index (χ4n) is 3.07. The van der Waals surface area contributed by atoms with Gasteiger partial charge in [0.2, 0.25) is 0 Å². The molecule has 0 amide bonds. The van der Waals surface area contributed by atoms with E-state index in [0.717, 1.165) is 35.4 Å². The summed E-state index contributed by atoms with van der Waals surface area (Å²) in [7, 11) is -1.92. The molecule has 24 heavy (non-hydrogen) atoms. The summed E-state index contributed by atoms with van der Waals surface area (Å²) in [6.45, 7) is 4.70. The van der Waals surface area contributed by atoms with E-state index in [9.17, 15) is 8.42 Å². The van der Waals surface area contributed by atoms with Crippen LogP contribution in [-0.4, -0.2) is 22.1 Å². The van der Waals surface area contributed by atoms with Crippen molar-refractivity contribution in [3.63, 3.8) is 0 Å². The standard InChI is InChI=1S/C19H23NO3S/c1-14(2)15-6-9-18(10-7-15)24(21,22)20-12-4-5-16-13-17(23-3)8-11-19(16)20/h6-11,13-14H,4-5,12H2,1-3H3. The van der Waals surface area contributed by atoms with Gasteiger partial charge in [-0.1, -0.05) is 26.0 Å². The minimum atomic E-state index is -3.54. The molecule has 1 heterocycles. The van der Waals surface area contributed by atoms with Crippen molar-refractivity contribution < 1.29 is 13.2 Å². The third-order valence-electron chi connectivity index (χ3n) is 4.50. The second-order valence-corrected chi connectivity index (χ2v) is 8.26. The fraction of sp³-hybridized carbons (Fsp3) is 0.368. The molecule has 1 aliphatic heterocycles. The Bertz CT molecular complexity index is 826. The average Bonchev–Trinajstić information content (AvgIpc) is 2.60. The number of fused-ring (bicyclic) bond motifs is 1. The molecule has 3 rings (SSSR count). The molecule has 0 atom stereocenters. The van der Waals surface area contributed by atoms with Crippen LogP contribution in [0.3, 0.4) is 0 Å². The summed E-state index contributed by atoms with van der Waals surface area (Å²) in [5.74, 6) is 1.14. The van der Waals surface area contributed by atoms with Gasteiger partial charge in [0.05, 0.1) is 17.7 Å². The predicted octanol–water partition coefficient (Wildman–Crippen LogP) is 3.96. The van der Waals surface area contributed by atoms with Gasteiger partial charge in [-0.2, -0.15) is 0 Å². The van der Waals surface area contributed by atoms with Crippen molar-refractivity contribution in [1.82, 2.24) is 0 Å². The van der Waals surface area contributed by atoms with Gasteiger partial charge in [0, 0.05) is 6.54 Å². The van der Waals surface area contributed by atoms with Crippen LogP contribution >= 0.6 is 0 Å². The SMILES string of the molecule is COc1ccc2c(c1)CCCN2S(=O)(=O)c1ccc(C(C)C)cc1. The number of aryl methyl sites for hydroxylation is 1. The van der Waals surface area contributed by atoms with Crippen molar-refractivity contribution in [3.05, 3.63) is 53.6 Å². The monoisotopic (exact) mass is 345 g/mol. The highest BCUT2D eigenvalue weighted by Gasteiger charge is 2.29. The van der Waals surface area contributed by atoms with Gasteiger partial charge < -0.3 is 4.74 Å². The lowest BCUT2D eigenvalue weighted by molar-refractivity contribution is 0.414. The van der Waals surface area contributed by atoms with Gasteiger partial charge >= 0.3 is 0 Å². The van der Waals surface area contributed by atoms with E-state index in [1.807, 2.05) is 30.3 Å².